The van der Waals surface area contributed by atoms with Crippen LogP contribution >= 0.6 is 0 Å². The summed E-state index contributed by atoms with van der Waals surface area (Å²) in [6, 6.07) is 2.57. The molecule has 1 aromatic carbocycles. The molecule has 0 nitrogen and oxygen atoms in total. The summed E-state index contributed by atoms with van der Waals surface area (Å²) in [6.45, 7) is 7.14. The van der Waals surface area contributed by atoms with Gasteiger partial charge in [0, 0.05) is 0 Å². The molecule has 0 heteroatoms. The minimum absolute atomic E-state index is 0.313. The van der Waals surface area contributed by atoms with Crippen LogP contribution in [-0.2, 0) is 31.1 Å². The Hall–Kier alpha value is -0.780. The third kappa shape index (κ3) is 2.00. The lowest BCUT2D eigenvalue weighted by Crippen LogP contribution is -2.21. The van der Waals surface area contributed by atoms with Crippen LogP contribution in [0.1, 0.15) is 74.3 Å². The van der Waals surface area contributed by atoms with Crippen LogP contribution in [0.5, 0.6) is 0 Å². The Morgan fingerprint density at radius 2 is 1.28 bits per heavy atom. The van der Waals surface area contributed by atoms with Gasteiger partial charge >= 0.3 is 0 Å². The van der Waals surface area contributed by atoms with E-state index in [1.54, 1.807) is 27.8 Å². The van der Waals surface area contributed by atoms with Crippen molar-refractivity contribution in [3.05, 3.63) is 33.9 Å². The predicted molar refractivity (Wildman–Crippen MR) is 78.4 cm³/mol. The second kappa shape index (κ2) is 4.40. The average molecular weight is 242 g/mol. The van der Waals surface area contributed by atoms with Gasteiger partial charge in [0.15, 0.2) is 0 Å². The van der Waals surface area contributed by atoms with Crippen molar-refractivity contribution in [3.63, 3.8) is 0 Å². The molecule has 0 unspecified atom stereocenters. The van der Waals surface area contributed by atoms with Crippen LogP contribution in [0.25, 0.3) is 0 Å². The summed E-state index contributed by atoms with van der Waals surface area (Å²) >= 11 is 0. The molecule has 0 radical (unpaired) electrons. The molecule has 1 aromatic rings. The molecule has 0 amide bonds. The maximum absolute atomic E-state index is 2.57. The van der Waals surface area contributed by atoms with E-state index >= 15 is 0 Å². The molecule has 0 spiro atoms. The summed E-state index contributed by atoms with van der Waals surface area (Å²) in [7, 11) is 0. The lowest BCUT2D eigenvalue weighted by Gasteiger charge is -2.32. The molecule has 98 valence electrons. The molecule has 0 atom stereocenters. The van der Waals surface area contributed by atoms with Crippen LogP contribution in [-0.4, -0.2) is 0 Å². The SMILES string of the molecule is CC(C)(C)c1cc2c(c3c1CCCC3)CCCC2. The number of hydrogen-bond donors (Lipinski definition) is 0. The van der Waals surface area contributed by atoms with Gasteiger partial charge in [-0.1, -0.05) is 26.8 Å². The highest BCUT2D eigenvalue weighted by Crippen LogP contribution is 2.38. The predicted octanol–water partition coefficient (Wildman–Crippen LogP) is 4.74. The Kier molecular flexibility index (Phi) is 3.00. The standard InChI is InChI=1S/C18H26/c1-18(2,3)17-12-13-8-4-5-9-14(13)15-10-6-7-11-16(15)17/h12H,4-11H2,1-3H3. The van der Waals surface area contributed by atoms with Crippen molar-refractivity contribution in [2.24, 2.45) is 0 Å². The lowest BCUT2D eigenvalue weighted by atomic mass is 9.73. The minimum atomic E-state index is 0.313. The molecule has 0 saturated heterocycles. The number of hydrogen-bond acceptors (Lipinski definition) is 0. The Morgan fingerprint density at radius 3 is 1.94 bits per heavy atom. The van der Waals surface area contributed by atoms with Crippen LogP contribution in [0, 0.1) is 0 Å². The fourth-order valence-corrected chi connectivity index (χ4v) is 3.90. The molecule has 3 rings (SSSR count). The summed E-state index contributed by atoms with van der Waals surface area (Å²) in [4.78, 5) is 0. The van der Waals surface area contributed by atoms with Gasteiger partial charge in [0.1, 0.15) is 0 Å². The van der Waals surface area contributed by atoms with Gasteiger partial charge in [-0.25, -0.2) is 0 Å². The summed E-state index contributed by atoms with van der Waals surface area (Å²) in [5.74, 6) is 0. The van der Waals surface area contributed by atoms with Crippen LogP contribution in [0.2, 0.25) is 0 Å². The summed E-state index contributed by atoms with van der Waals surface area (Å²) in [5, 5.41) is 0. The maximum atomic E-state index is 2.57. The zero-order valence-electron chi connectivity index (χ0n) is 12.2. The summed E-state index contributed by atoms with van der Waals surface area (Å²) in [5.41, 5.74) is 8.90. The smallest absolute Gasteiger partial charge is 0.0129 e. The second-order valence-corrected chi connectivity index (χ2v) is 7.18. The van der Waals surface area contributed by atoms with Crippen molar-refractivity contribution < 1.29 is 0 Å². The van der Waals surface area contributed by atoms with Gasteiger partial charge in [-0.05, 0) is 84.6 Å². The Bertz CT molecular complexity index is 460. The van der Waals surface area contributed by atoms with Crippen LogP contribution in [0.15, 0.2) is 6.07 Å². The molecule has 0 N–H and O–H groups in total. The van der Waals surface area contributed by atoms with Crippen LogP contribution in [0.3, 0.4) is 0 Å². The third-order valence-electron chi connectivity index (χ3n) is 4.79. The normalized spacial score (nSPS) is 19.3. The van der Waals surface area contributed by atoms with E-state index in [0.29, 0.717) is 5.41 Å². The molecule has 18 heavy (non-hydrogen) atoms. The number of fused-ring (bicyclic) bond motifs is 3. The molecule has 0 heterocycles. The molecule has 0 saturated carbocycles. The van der Waals surface area contributed by atoms with E-state index < -0.39 is 0 Å². The molecule has 2 aliphatic rings. The van der Waals surface area contributed by atoms with Gasteiger partial charge < -0.3 is 0 Å². The van der Waals surface area contributed by atoms with Crippen molar-refractivity contribution >= 4 is 0 Å². The molecule has 0 fully saturated rings. The number of aryl methyl sites for hydroxylation is 1. The summed E-state index contributed by atoms with van der Waals surface area (Å²) < 4.78 is 0. The van der Waals surface area contributed by atoms with Gasteiger partial charge in [0.05, 0.1) is 0 Å². The van der Waals surface area contributed by atoms with Crippen molar-refractivity contribution in [3.8, 4) is 0 Å². The fourth-order valence-electron chi connectivity index (χ4n) is 3.90. The first-order chi connectivity index (χ1) is 8.57. The quantitative estimate of drug-likeness (QED) is 0.616. The van der Waals surface area contributed by atoms with Crippen molar-refractivity contribution in [2.75, 3.05) is 0 Å². The zero-order valence-corrected chi connectivity index (χ0v) is 12.2. The van der Waals surface area contributed by atoms with Gasteiger partial charge in [-0.15, -0.1) is 0 Å². The molecule has 2 aliphatic carbocycles. The first-order valence-corrected chi connectivity index (χ1v) is 7.74. The molecule has 0 aromatic heterocycles. The number of rotatable bonds is 0. The highest BCUT2D eigenvalue weighted by atomic mass is 14.3. The van der Waals surface area contributed by atoms with Crippen molar-refractivity contribution in [2.45, 2.75) is 77.6 Å². The van der Waals surface area contributed by atoms with E-state index in [1.165, 1.54) is 51.4 Å². The molecular weight excluding hydrogens is 216 g/mol. The zero-order chi connectivity index (χ0) is 12.8. The van der Waals surface area contributed by atoms with E-state index in [2.05, 4.69) is 26.8 Å². The van der Waals surface area contributed by atoms with E-state index in [0.717, 1.165) is 0 Å². The highest BCUT2D eigenvalue weighted by molar-refractivity contribution is 5.50. The maximum Gasteiger partial charge on any atom is -0.0129 e. The van der Waals surface area contributed by atoms with Crippen LogP contribution < -0.4 is 0 Å². The fraction of sp³-hybridized carbons (Fsp3) is 0.667. The molecule has 0 aliphatic heterocycles. The minimum Gasteiger partial charge on any atom is -0.0561 e. The summed E-state index contributed by atoms with van der Waals surface area (Å²) in [6.07, 6.45) is 11.0. The third-order valence-corrected chi connectivity index (χ3v) is 4.79. The topological polar surface area (TPSA) is 0 Å². The Morgan fingerprint density at radius 1 is 0.722 bits per heavy atom. The van der Waals surface area contributed by atoms with Gasteiger partial charge in [0.25, 0.3) is 0 Å². The van der Waals surface area contributed by atoms with Crippen molar-refractivity contribution in [1.82, 2.24) is 0 Å². The van der Waals surface area contributed by atoms with E-state index in [-0.39, 0.29) is 0 Å². The Labute approximate surface area is 112 Å². The second-order valence-electron chi connectivity index (χ2n) is 7.18. The largest absolute Gasteiger partial charge is 0.0561 e. The van der Waals surface area contributed by atoms with Gasteiger partial charge in [-0.2, -0.15) is 0 Å². The molecule has 0 bridgehead atoms. The monoisotopic (exact) mass is 242 g/mol. The first-order valence-electron chi connectivity index (χ1n) is 7.74. The van der Waals surface area contributed by atoms with E-state index in [1.807, 2.05) is 0 Å². The van der Waals surface area contributed by atoms with E-state index in [4.69, 9.17) is 0 Å². The number of benzene rings is 1. The van der Waals surface area contributed by atoms with E-state index in [9.17, 15) is 0 Å². The Balaban J connectivity index is 2.21. The first kappa shape index (κ1) is 12.3. The van der Waals surface area contributed by atoms with Crippen LogP contribution in [0.4, 0.5) is 0 Å². The average Bonchev–Trinajstić information content (AvgIpc) is 2.37. The van der Waals surface area contributed by atoms with Gasteiger partial charge in [-0.3, -0.25) is 0 Å². The van der Waals surface area contributed by atoms with Crippen molar-refractivity contribution in [1.29, 1.82) is 0 Å². The van der Waals surface area contributed by atoms with Gasteiger partial charge in [0.2, 0.25) is 0 Å². The highest BCUT2D eigenvalue weighted by Gasteiger charge is 2.26. The lowest BCUT2D eigenvalue weighted by molar-refractivity contribution is 0.559. The molecular formula is C18H26.